The molecule has 0 unspecified atom stereocenters. The van der Waals surface area contributed by atoms with E-state index < -0.39 is 17.8 Å². The standard InChI is InChI=1S/C22H24F3N5O3S/c1-6-30-13(3)20(12(2)29-30)28-19(31)11-34-21-26-15(10-18(27-21)22(23,24)25)14-7-8-16(32-4)17(9-14)33-5/h7-10H,6,11H2,1-5H3,(H,28,31). The molecular formula is C22H24F3N5O3S. The van der Waals surface area contributed by atoms with Gasteiger partial charge in [0.1, 0.15) is 5.69 Å². The molecule has 0 saturated heterocycles. The first-order valence-electron chi connectivity index (χ1n) is 10.2. The third-order valence-corrected chi connectivity index (χ3v) is 5.80. The summed E-state index contributed by atoms with van der Waals surface area (Å²) in [4.78, 5) is 20.4. The minimum atomic E-state index is -4.69. The zero-order valence-electron chi connectivity index (χ0n) is 19.3. The van der Waals surface area contributed by atoms with E-state index in [1.807, 2.05) is 13.8 Å². The van der Waals surface area contributed by atoms with Gasteiger partial charge in [0.05, 0.1) is 42.7 Å². The quantitative estimate of drug-likeness (QED) is 0.356. The highest BCUT2D eigenvalue weighted by molar-refractivity contribution is 7.99. The van der Waals surface area contributed by atoms with Crippen LogP contribution < -0.4 is 14.8 Å². The molecule has 0 saturated carbocycles. The predicted octanol–water partition coefficient (Wildman–Crippen LogP) is 4.74. The Kier molecular flexibility index (Phi) is 7.70. The average Bonchev–Trinajstić information content (AvgIpc) is 3.09. The Morgan fingerprint density at radius 2 is 1.82 bits per heavy atom. The van der Waals surface area contributed by atoms with Crippen molar-refractivity contribution < 1.29 is 27.4 Å². The van der Waals surface area contributed by atoms with Gasteiger partial charge in [0, 0.05) is 12.1 Å². The number of aryl methyl sites for hydroxylation is 2. The van der Waals surface area contributed by atoms with E-state index >= 15 is 0 Å². The lowest BCUT2D eigenvalue weighted by molar-refractivity contribution is -0.141. The molecule has 12 heteroatoms. The van der Waals surface area contributed by atoms with E-state index in [0.29, 0.717) is 35.0 Å². The summed E-state index contributed by atoms with van der Waals surface area (Å²) in [5.41, 5.74) is 1.36. The van der Waals surface area contributed by atoms with E-state index in [0.717, 1.165) is 23.5 Å². The maximum atomic E-state index is 13.5. The van der Waals surface area contributed by atoms with Crippen molar-refractivity contribution in [3.63, 3.8) is 0 Å². The van der Waals surface area contributed by atoms with Crippen LogP contribution in [0.4, 0.5) is 18.9 Å². The lowest BCUT2D eigenvalue weighted by atomic mass is 10.1. The number of halogens is 3. The van der Waals surface area contributed by atoms with Crippen LogP contribution in [0.25, 0.3) is 11.3 Å². The second-order valence-electron chi connectivity index (χ2n) is 7.19. The van der Waals surface area contributed by atoms with E-state index in [4.69, 9.17) is 9.47 Å². The third-order valence-electron chi connectivity index (χ3n) is 4.95. The van der Waals surface area contributed by atoms with Crippen molar-refractivity contribution in [2.24, 2.45) is 0 Å². The molecule has 1 amide bonds. The molecule has 0 aliphatic carbocycles. The first-order valence-corrected chi connectivity index (χ1v) is 11.2. The highest BCUT2D eigenvalue weighted by atomic mass is 32.2. The van der Waals surface area contributed by atoms with Crippen LogP contribution in [0.5, 0.6) is 11.5 Å². The van der Waals surface area contributed by atoms with Gasteiger partial charge in [0.25, 0.3) is 0 Å². The van der Waals surface area contributed by atoms with Crippen LogP contribution in [0.15, 0.2) is 29.4 Å². The van der Waals surface area contributed by atoms with Gasteiger partial charge in [-0.1, -0.05) is 11.8 Å². The molecule has 0 spiro atoms. The lowest BCUT2D eigenvalue weighted by Crippen LogP contribution is -2.16. The van der Waals surface area contributed by atoms with Crippen molar-refractivity contribution in [2.75, 3.05) is 25.3 Å². The predicted molar refractivity (Wildman–Crippen MR) is 122 cm³/mol. The summed E-state index contributed by atoms with van der Waals surface area (Å²) >= 11 is 0.811. The molecule has 0 radical (unpaired) electrons. The van der Waals surface area contributed by atoms with Crippen LogP contribution in [-0.2, 0) is 17.5 Å². The molecule has 182 valence electrons. The van der Waals surface area contributed by atoms with E-state index in [-0.39, 0.29) is 16.6 Å². The van der Waals surface area contributed by atoms with Crippen LogP contribution in [0.1, 0.15) is 24.0 Å². The number of hydrogen-bond donors (Lipinski definition) is 1. The van der Waals surface area contributed by atoms with Gasteiger partial charge in [-0.2, -0.15) is 18.3 Å². The Hall–Kier alpha value is -3.28. The fourth-order valence-corrected chi connectivity index (χ4v) is 3.93. The molecule has 8 nitrogen and oxygen atoms in total. The van der Waals surface area contributed by atoms with Crippen LogP contribution in [0.3, 0.4) is 0 Å². The van der Waals surface area contributed by atoms with Crippen LogP contribution in [-0.4, -0.2) is 45.6 Å². The number of benzene rings is 1. The van der Waals surface area contributed by atoms with Crippen molar-refractivity contribution in [3.8, 4) is 22.8 Å². The number of anilines is 1. The van der Waals surface area contributed by atoms with Gasteiger partial charge in [-0.25, -0.2) is 9.97 Å². The maximum Gasteiger partial charge on any atom is 0.433 e. The van der Waals surface area contributed by atoms with Crippen LogP contribution in [0, 0.1) is 13.8 Å². The Morgan fingerprint density at radius 3 is 2.41 bits per heavy atom. The summed E-state index contributed by atoms with van der Waals surface area (Å²) in [5.74, 6) is 0.197. The Labute approximate surface area is 198 Å². The number of aromatic nitrogens is 4. The first kappa shape index (κ1) is 25.3. The number of amides is 1. The van der Waals surface area contributed by atoms with Crippen molar-refractivity contribution in [1.29, 1.82) is 0 Å². The van der Waals surface area contributed by atoms with E-state index in [9.17, 15) is 18.0 Å². The Balaban J connectivity index is 1.86. The van der Waals surface area contributed by atoms with E-state index in [2.05, 4.69) is 20.4 Å². The fourth-order valence-electron chi connectivity index (χ4n) is 3.27. The molecule has 0 atom stereocenters. The largest absolute Gasteiger partial charge is 0.493 e. The molecule has 1 aromatic carbocycles. The normalized spacial score (nSPS) is 11.4. The van der Waals surface area contributed by atoms with Gasteiger partial charge < -0.3 is 14.8 Å². The number of methoxy groups -OCH3 is 2. The molecule has 0 bridgehead atoms. The van der Waals surface area contributed by atoms with Crippen molar-refractivity contribution in [3.05, 3.63) is 41.3 Å². The molecule has 0 aliphatic heterocycles. The molecule has 0 fully saturated rings. The average molecular weight is 496 g/mol. The summed E-state index contributed by atoms with van der Waals surface area (Å²) < 4.78 is 52.7. The molecule has 1 N–H and O–H groups in total. The van der Waals surface area contributed by atoms with Gasteiger partial charge in [-0.15, -0.1) is 0 Å². The molecule has 34 heavy (non-hydrogen) atoms. The minimum absolute atomic E-state index is 0.0436. The zero-order chi connectivity index (χ0) is 25.0. The molecule has 2 aromatic heterocycles. The van der Waals surface area contributed by atoms with Gasteiger partial charge in [-0.05, 0) is 45.0 Å². The van der Waals surface area contributed by atoms with Gasteiger partial charge in [0.2, 0.25) is 5.91 Å². The number of nitrogens with zero attached hydrogens (tertiary/aromatic N) is 4. The number of carbonyl (C=O) groups is 1. The monoisotopic (exact) mass is 495 g/mol. The smallest absolute Gasteiger partial charge is 0.433 e. The number of thioether (sulfide) groups is 1. The highest BCUT2D eigenvalue weighted by Crippen LogP contribution is 2.35. The summed E-state index contributed by atoms with van der Waals surface area (Å²) in [6, 6.07) is 5.53. The summed E-state index contributed by atoms with van der Waals surface area (Å²) in [6.45, 7) is 6.18. The van der Waals surface area contributed by atoms with Gasteiger partial charge >= 0.3 is 6.18 Å². The second-order valence-corrected chi connectivity index (χ2v) is 8.13. The molecule has 3 rings (SSSR count). The Bertz CT molecular complexity index is 1200. The first-order chi connectivity index (χ1) is 16.1. The molecule has 2 heterocycles. The fraction of sp³-hybridized carbons (Fsp3) is 0.364. The molecular weight excluding hydrogens is 471 g/mol. The van der Waals surface area contributed by atoms with E-state index in [1.54, 1.807) is 23.7 Å². The van der Waals surface area contributed by atoms with Crippen molar-refractivity contribution >= 4 is 23.4 Å². The summed E-state index contributed by atoms with van der Waals surface area (Å²) in [5, 5.41) is 6.93. The number of ether oxygens (including phenoxy) is 2. The topological polar surface area (TPSA) is 91.2 Å². The zero-order valence-corrected chi connectivity index (χ0v) is 20.1. The van der Waals surface area contributed by atoms with Crippen molar-refractivity contribution in [1.82, 2.24) is 19.7 Å². The van der Waals surface area contributed by atoms with Gasteiger partial charge in [0.15, 0.2) is 16.7 Å². The number of nitrogens with one attached hydrogen (secondary N) is 1. The number of alkyl halides is 3. The summed E-state index contributed by atoms with van der Waals surface area (Å²) in [6.07, 6.45) is -4.69. The SMILES string of the molecule is CCn1nc(C)c(NC(=O)CSc2nc(-c3ccc(OC)c(OC)c3)cc(C(F)(F)F)n2)c1C. The Morgan fingerprint density at radius 1 is 1.12 bits per heavy atom. The number of hydrogen-bond acceptors (Lipinski definition) is 7. The van der Waals surface area contributed by atoms with Crippen LogP contribution >= 0.6 is 11.8 Å². The summed E-state index contributed by atoms with van der Waals surface area (Å²) in [7, 11) is 2.89. The molecule has 0 aliphatic rings. The lowest BCUT2D eigenvalue weighted by Gasteiger charge is -2.12. The highest BCUT2D eigenvalue weighted by Gasteiger charge is 2.34. The minimum Gasteiger partial charge on any atom is -0.493 e. The van der Waals surface area contributed by atoms with Crippen molar-refractivity contribution in [2.45, 2.75) is 38.6 Å². The second kappa shape index (κ2) is 10.3. The third kappa shape index (κ3) is 5.61. The molecule has 3 aromatic rings. The van der Waals surface area contributed by atoms with Crippen LogP contribution in [0.2, 0.25) is 0 Å². The number of rotatable bonds is 8. The number of carbonyl (C=O) groups excluding carboxylic acids is 1. The maximum absolute atomic E-state index is 13.5. The van der Waals surface area contributed by atoms with E-state index in [1.165, 1.54) is 20.3 Å². The van der Waals surface area contributed by atoms with Gasteiger partial charge in [-0.3, -0.25) is 9.48 Å².